The lowest BCUT2D eigenvalue weighted by Crippen LogP contribution is -2.25. The Labute approximate surface area is 198 Å². The molecule has 5 rings (SSSR count). The summed E-state index contributed by atoms with van der Waals surface area (Å²) in [5.74, 6) is -0.870. The van der Waals surface area contributed by atoms with Gasteiger partial charge in [-0.1, -0.05) is 30.3 Å². The normalized spacial score (nSPS) is 13.6. The number of benzene rings is 3. The third-order valence-corrected chi connectivity index (χ3v) is 5.47. The van der Waals surface area contributed by atoms with Gasteiger partial charge in [0.05, 0.1) is 12.1 Å². The van der Waals surface area contributed by atoms with Gasteiger partial charge in [-0.2, -0.15) is 5.10 Å². The maximum absolute atomic E-state index is 13.3. The van der Waals surface area contributed by atoms with Gasteiger partial charge in [0.2, 0.25) is 0 Å². The Kier molecular flexibility index (Phi) is 5.35. The maximum Gasteiger partial charge on any atom is 0.586 e. The molecule has 0 saturated carbocycles. The molecule has 0 bridgehead atoms. The number of aromatic nitrogens is 2. The number of hydrogen-bond acceptors (Lipinski definition) is 5. The SMILES string of the molecule is CN(C)C(=O)c1ccc(Cn2nc(C(=O)Nc3ccc4c(c3)OC(F)(F)O4)c3ccccc32)cc1. The van der Waals surface area contributed by atoms with Crippen LogP contribution in [0.4, 0.5) is 14.5 Å². The number of para-hydroxylation sites is 1. The fourth-order valence-electron chi connectivity index (χ4n) is 3.82. The minimum absolute atomic E-state index is 0.0905. The molecule has 2 amide bonds. The van der Waals surface area contributed by atoms with Crippen LogP contribution in [0.15, 0.2) is 66.7 Å². The molecule has 2 heterocycles. The first-order valence-electron chi connectivity index (χ1n) is 10.7. The third kappa shape index (κ3) is 4.37. The van der Waals surface area contributed by atoms with Crippen LogP contribution in [0.2, 0.25) is 0 Å². The zero-order valence-electron chi connectivity index (χ0n) is 18.8. The zero-order valence-corrected chi connectivity index (χ0v) is 18.8. The van der Waals surface area contributed by atoms with Crippen LogP contribution in [0.1, 0.15) is 26.4 Å². The lowest BCUT2D eigenvalue weighted by atomic mass is 10.1. The Balaban J connectivity index is 1.39. The van der Waals surface area contributed by atoms with Crippen molar-refractivity contribution in [2.75, 3.05) is 19.4 Å². The van der Waals surface area contributed by atoms with Crippen molar-refractivity contribution in [3.63, 3.8) is 0 Å². The van der Waals surface area contributed by atoms with Crippen LogP contribution in [0, 0.1) is 0 Å². The van der Waals surface area contributed by atoms with E-state index in [4.69, 9.17) is 0 Å². The van der Waals surface area contributed by atoms with E-state index in [0.29, 0.717) is 17.5 Å². The molecule has 0 saturated heterocycles. The minimum Gasteiger partial charge on any atom is -0.395 e. The standard InChI is InChI=1S/C25H20F2N4O4/c1-30(2)24(33)16-9-7-15(8-10-16)14-31-19-6-4-3-5-18(19)22(29-31)23(32)28-17-11-12-20-21(13-17)35-25(26,27)34-20/h3-13H,14H2,1-2H3,(H,28,32). The number of amides is 2. The molecule has 0 unspecified atom stereocenters. The number of nitrogens with one attached hydrogen (secondary N) is 1. The van der Waals surface area contributed by atoms with Gasteiger partial charge >= 0.3 is 6.29 Å². The Morgan fingerprint density at radius 3 is 2.46 bits per heavy atom. The number of anilines is 1. The van der Waals surface area contributed by atoms with E-state index in [2.05, 4.69) is 19.9 Å². The Morgan fingerprint density at radius 1 is 1.00 bits per heavy atom. The van der Waals surface area contributed by atoms with E-state index < -0.39 is 12.2 Å². The quantitative estimate of drug-likeness (QED) is 0.461. The first-order chi connectivity index (χ1) is 16.7. The van der Waals surface area contributed by atoms with Crippen LogP contribution < -0.4 is 14.8 Å². The highest BCUT2D eigenvalue weighted by molar-refractivity contribution is 6.11. The summed E-state index contributed by atoms with van der Waals surface area (Å²) in [5.41, 5.74) is 2.66. The zero-order chi connectivity index (χ0) is 24.7. The molecule has 1 N–H and O–H groups in total. The van der Waals surface area contributed by atoms with E-state index >= 15 is 0 Å². The van der Waals surface area contributed by atoms with E-state index in [1.807, 2.05) is 24.3 Å². The second kappa shape index (κ2) is 8.39. The van der Waals surface area contributed by atoms with Crippen molar-refractivity contribution in [2.24, 2.45) is 0 Å². The van der Waals surface area contributed by atoms with Crippen molar-refractivity contribution >= 4 is 28.4 Å². The van der Waals surface area contributed by atoms with Gasteiger partial charge in [-0.3, -0.25) is 14.3 Å². The van der Waals surface area contributed by atoms with E-state index in [1.54, 1.807) is 43.0 Å². The van der Waals surface area contributed by atoms with Crippen molar-refractivity contribution in [3.05, 3.63) is 83.6 Å². The second-order valence-corrected chi connectivity index (χ2v) is 8.20. The van der Waals surface area contributed by atoms with Crippen LogP contribution >= 0.6 is 0 Å². The van der Waals surface area contributed by atoms with Gasteiger partial charge in [-0.25, -0.2) is 0 Å². The highest BCUT2D eigenvalue weighted by atomic mass is 19.3. The smallest absolute Gasteiger partial charge is 0.395 e. The Hall–Kier alpha value is -4.47. The molecule has 4 aromatic rings. The monoisotopic (exact) mass is 478 g/mol. The van der Waals surface area contributed by atoms with E-state index in [0.717, 1.165) is 11.1 Å². The number of ether oxygens (including phenoxy) is 2. The van der Waals surface area contributed by atoms with Gasteiger partial charge in [0.15, 0.2) is 17.2 Å². The van der Waals surface area contributed by atoms with Gasteiger partial charge in [0.25, 0.3) is 11.8 Å². The fourth-order valence-corrected chi connectivity index (χ4v) is 3.82. The first-order valence-corrected chi connectivity index (χ1v) is 10.7. The Morgan fingerprint density at radius 2 is 1.71 bits per heavy atom. The lowest BCUT2D eigenvalue weighted by molar-refractivity contribution is -0.286. The van der Waals surface area contributed by atoms with Crippen LogP contribution in [0.3, 0.4) is 0 Å². The summed E-state index contributed by atoms with van der Waals surface area (Å²) in [4.78, 5) is 26.7. The predicted molar refractivity (Wildman–Crippen MR) is 124 cm³/mol. The van der Waals surface area contributed by atoms with Crippen LogP contribution in [-0.4, -0.2) is 46.9 Å². The number of nitrogens with zero attached hydrogens (tertiary/aromatic N) is 3. The molecule has 8 nitrogen and oxygen atoms in total. The number of hydrogen-bond donors (Lipinski definition) is 1. The van der Waals surface area contributed by atoms with Gasteiger partial charge < -0.3 is 19.7 Å². The minimum atomic E-state index is -3.74. The molecule has 0 aliphatic carbocycles. The van der Waals surface area contributed by atoms with Gasteiger partial charge in [0, 0.05) is 36.8 Å². The molecule has 0 atom stereocenters. The number of rotatable bonds is 5. The van der Waals surface area contributed by atoms with Crippen molar-refractivity contribution in [2.45, 2.75) is 12.8 Å². The molecule has 0 fully saturated rings. The van der Waals surface area contributed by atoms with Crippen LogP contribution in [0.25, 0.3) is 10.9 Å². The molecule has 10 heteroatoms. The summed E-state index contributed by atoms with van der Waals surface area (Å²) in [7, 11) is 3.38. The van der Waals surface area contributed by atoms with Crippen molar-refractivity contribution in [1.29, 1.82) is 0 Å². The summed E-state index contributed by atoms with van der Waals surface area (Å²) in [5, 5.41) is 7.83. The first kappa shape index (κ1) is 22.3. The molecule has 35 heavy (non-hydrogen) atoms. The van der Waals surface area contributed by atoms with Crippen molar-refractivity contribution in [3.8, 4) is 11.5 Å². The molecule has 0 spiro atoms. The summed E-state index contributed by atoms with van der Waals surface area (Å²) in [6.07, 6.45) is -3.74. The maximum atomic E-state index is 13.3. The van der Waals surface area contributed by atoms with Gasteiger partial charge in [-0.05, 0) is 35.9 Å². The Bertz CT molecular complexity index is 1450. The second-order valence-electron chi connectivity index (χ2n) is 8.20. The fraction of sp³-hybridized carbons (Fsp3) is 0.160. The van der Waals surface area contributed by atoms with E-state index in [1.165, 1.54) is 23.1 Å². The third-order valence-electron chi connectivity index (χ3n) is 5.47. The number of fused-ring (bicyclic) bond motifs is 2. The molecule has 178 valence electrons. The molecular weight excluding hydrogens is 458 g/mol. The highest BCUT2D eigenvalue weighted by Crippen LogP contribution is 2.42. The summed E-state index contributed by atoms with van der Waals surface area (Å²) in [6, 6.07) is 18.5. The van der Waals surface area contributed by atoms with Gasteiger partial charge in [-0.15, -0.1) is 8.78 Å². The highest BCUT2D eigenvalue weighted by Gasteiger charge is 2.43. The summed E-state index contributed by atoms with van der Waals surface area (Å²) < 4.78 is 37.1. The number of halogens is 2. The summed E-state index contributed by atoms with van der Waals surface area (Å²) in [6.45, 7) is 0.378. The molecular formula is C25H20F2N4O4. The van der Waals surface area contributed by atoms with Crippen LogP contribution in [-0.2, 0) is 6.54 Å². The molecule has 1 aliphatic heterocycles. The molecule has 0 radical (unpaired) electrons. The van der Waals surface area contributed by atoms with Crippen molar-refractivity contribution < 1.29 is 27.8 Å². The lowest BCUT2D eigenvalue weighted by Gasteiger charge is -2.10. The average Bonchev–Trinajstić information content (AvgIpc) is 3.34. The molecule has 1 aromatic heterocycles. The number of carbonyl (C=O) groups excluding carboxylic acids is 2. The van der Waals surface area contributed by atoms with Crippen molar-refractivity contribution in [1.82, 2.24) is 14.7 Å². The largest absolute Gasteiger partial charge is 0.586 e. The topological polar surface area (TPSA) is 85.7 Å². The summed E-state index contributed by atoms with van der Waals surface area (Å²) >= 11 is 0. The van der Waals surface area contributed by atoms with Crippen LogP contribution in [0.5, 0.6) is 11.5 Å². The molecule has 3 aromatic carbocycles. The van der Waals surface area contributed by atoms with E-state index in [9.17, 15) is 18.4 Å². The number of alkyl halides is 2. The van der Waals surface area contributed by atoms with E-state index in [-0.39, 0.29) is 28.8 Å². The molecule has 1 aliphatic rings. The predicted octanol–water partition coefficient (Wildman–Crippen LogP) is 4.36. The van der Waals surface area contributed by atoms with Gasteiger partial charge in [0.1, 0.15) is 0 Å². The average molecular weight is 478 g/mol. The number of carbonyl (C=O) groups is 2.